The molecule has 0 spiro atoms. The summed E-state index contributed by atoms with van der Waals surface area (Å²) in [5.41, 5.74) is 2.80. The number of aliphatic carboxylic acids is 1. The first kappa shape index (κ1) is 20.2. The van der Waals surface area contributed by atoms with E-state index in [9.17, 15) is 14.4 Å². The lowest BCUT2D eigenvalue weighted by atomic mass is 10.00. The first-order chi connectivity index (χ1) is 12.7. The molecular weight excluding hydrogens is 358 g/mol. The second-order valence-corrected chi connectivity index (χ2v) is 6.84. The van der Waals surface area contributed by atoms with Crippen molar-refractivity contribution in [1.29, 1.82) is 0 Å². The van der Waals surface area contributed by atoms with Gasteiger partial charge in [-0.15, -0.1) is 0 Å². The molecule has 0 aromatic heterocycles. The molecule has 0 aliphatic rings. The van der Waals surface area contributed by atoms with Crippen molar-refractivity contribution in [1.82, 2.24) is 10.6 Å². The monoisotopic (exact) mass is 384 g/mol. The molecule has 0 aliphatic carbocycles. The molecule has 3 atom stereocenters. The number of hydrogen-bond donors (Lipinski definition) is 4. The molecule has 0 unspecified atom stereocenters. The zero-order valence-corrected chi connectivity index (χ0v) is 15.8. The third kappa shape index (κ3) is 6.65. The molecule has 144 valence electrons. The molecule has 8 heteroatoms. The highest BCUT2D eigenvalue weighted by Crippen LogP contribution is 2.19. The lowest BCUT2D eigenvalue weighted by Gasteiger charge is -2.26. The molecule has 0 heterocycles. The van der Waals surface area contributed by atoms with Crippen LogP contribution in [0, 0.1) is 5.92 Å². The third-order valence-corrected chi connectivity index (χ3v) is 4.19. The second kappa shape index (κ2) is 10.1. The summed E-state index contributed by atoms with van der Waals surface area (Å²) in [7, 11) is 0. The van der Waals surface area contributed by atoms with Crippen molar-refractivity contribution in [2.75, 3.05) is 0 Å². The van der Waals surface area contributed by atoms with E-state index in [0.717, 1.165) is 5.56 Å². The van der Waals surface area contributed by atoms with Crippen molar-refractivity contribution < 1.29 is 20.9 Å². The first-order valence-corrected chi connectivity index (χ1v) is 8.82. The Kier molecular flexibility index (Phi) is 7.87. The number of halogens is 1. The lowest BCUT2D eigenvalue weighted by molar-refractivity contribution is -0.139. The number of hydrogen-bond acceptors (Lipinski definition) is 4. The minimum Gasteiger partial charge on any atom is -0.481 e. The van der Waals surface area contributed by atoms with Crippen LogP contribution in [0.3, 0.4) is 0 Å². The summed E-state index contributed by atoms with van der Waals surface area (Å²) >= 11 is 5.90. The van der Waals surface area contributed by atoms with E-state index >= 15 is 0 Å². The lowest BCUT2D eigenvalue weighted by Crippen LogP contribution is -2.54. The predicted octanol–water partition coefficient (Wildman–Crippen LogP) is 1.85. The van der Waals surface area contributed by atoms with Crippen molar-refractivity contribution >= 4 is 29.4 Å². The fourth-order valence-electron chi connectivity index (χ4n) is 2.43. The molecular formula is C18H26ClN3O4. The zero-order chi connectivity index (χ0) is 20.6. The second-order valence-electron chi connectivity index (χ2n) is 6.40. The zero-order valence-electron chi connectivity index (χ0n) is 16.1. The van der Waals surface area contributed by atoms with Gasteiger partial charge in [-0.1, -0.05) is 44.5 Å². The van der Waals surface area contributed by atoms with Gasteiger partial charge < -0.3 is 21.5 Å². The van der Waals surface area contributed by atoms with Crippen LogP contribution in [0.1, 0.15) is 45.2 Å². The van der Waals surface area contributed by atoms with Crippen molar-refractivity contribution in [3.8, 4) is 0 Å². The molecule has 0 bridgehead atoms. The first-order valence-electron chi connectivity index (χ1n) is 8.94. The van der Waals surface area contributed by atoms with E-state index in [0.29, 0.717) is 11.4 Å². The Bertz CT molecular complexity index is 655. The SMILES string of the molecule is [2H]N[C@@H](CC(=O)O)C(=O)N[C@H](C(=O)N[C@@H](CC)c1ccc(Cl)cc1)C(C)C. The van der Waals surface area contributed by atoms with Gasteiger partial charge in [-0.05, 0) is 30.0 Å². The average Bonchev–Trinajstić information content (AvgIpc) is 2.62. The van der Waals surface area contributed by atoms with Gasteiger partial charge in [-0.3, -0.25) is 14.4 Å². The molecule has 26 heavy (non-hydrogen) atoms. The minimum absolute atomic E-state index is 0.229. The van der Waals surface area contributed by atoms with E-state index in [1.54, 1.807) is 26.0 Å². The number of nitrogens with two attached hydrogens (primary N) is 1. The van der Waals surface area contributed by atoms with Crippen LogP contribution in [0.5, 0.6) is 0 Å². The van der Waals surface area contributed by atoms with Gasteiger partial charge in [0.25, 0.3) is 0 Å². The number of carbonyl (C=O) groups excluding carboxylic acids is 2. The van der Waals surface area contributed by atoms with Crippen LogP contribution in [0.4, 0.5) is 0 Å². The molecule has 1 rings (SSSR count). The van der Waals surface area contributed by atoms with Crippen molar-refractivity contribution in [2.45, 2.75) is 51.7 Å². The number of rotatable bonds is 10. The summed E-state index contributed by atoms with van der Waals surface area (Å²) in [5, 5.41) is 14.9. The maximum absolute atomic E-state index is 12.7. The van der Waals surface area contributed by atoms with Crippen molar-refractivity contribution in [3.05, 3.63) is 34.9 Å². The fraction of sp³-hybridized carbons (Fsp3) is 0.500. The number of carbonyl (C=O) groups is 3. The Morgan fingerprint density at radius 1 is 1.19 bits per heavy atom. The molecule has 1 aromatic rings. The van der Waals surface area contributed by atoms with E-state index in [1.165, 1.54) is 0 Å². The van der Waals surface area contributed by atoms with Crippen LogP contribution in [-0.2, 0) is 14.4 Å². The smallest absolute Gasteiger partial charge is 0.305 e. The summed E-state index contributed by atoms with van der Waals surface area (Å²) < 4.78 is 7.13. The van der Waals surface area contributed by atoms with E-state index in [2.05, 4.69) is 10.6 Å². The van der Waals surface area contributed by atoms with Gasteiger partial charge in [0.15, 0.2) is 0 Å². The normalized spacial score (nSPS) is 14.9. The molecule has 5 N–H and O–H groups in total. The van der Waals surface area contributed by atoms with Gasteiger partial charge >= 0.3 is 5.97 Å². The Labute approximate surface area is 159 Å². The van der Waals surface area contributed by atoms with Crippen LogP contribution in [0.15, 0.2) is 24.3 Å². The number of benzene rings is 1. The van der Waals surface area contributed by atoms with E-state index < -0.39 is 30.4 Å². The van der Waals surface area contributed by atoms with E-state index in [4.69, 9.17) is 18.1 Å². The Morgan fingerprint density at radius 3 is 2.27 bits per heavy atom. The van der Waals surface area contributed by atoms with Crippen LogP contribution in [0.2, 0.25) is 6.43 Å². The van der Waals surface area contributed by atoms with Gasteiger partial charge in [0.05, 0.1) is 18.5 Å². The molecule has 0 saturated carbocycles. The fourth-order valence-corrected chi connectivity index (χ4v) is 2.56. The highest BCUT2D eigenvalue weighted by Gasteiger charge is 2.28. The quantitative estimate of drug-likeness (QED) is 0.490. The van der Waals surface area contributed by atoms with E-state index in [-0.39, 0.29) is 17.9 Å². The minimum atomic E-state index is -1.24. The van der Waals surface area contributed by atoms with Gasteiger partial charge in [-0.25, -0.2) is 0 Å². The molecule has 0 aliphatic heterocycles. The number of nitrogens with one attached hydrogen (secondary N) is 2. The van der Waals surface area contributed by atoms with E-state index in [1.807, 2.05) is 24.8 Å². The summed E-state index contributed by atoms with van der Waals surface area (Å²) in [6.07, 6.45) is 0.0895. The Hall–Kier alpha value is -2.12. The number of carboxylic acids is 1. The number of carboxylic acid groups (broad SMARTS) is 1. The number of amides is 2. The van der Waals surface area contributed by atoms with Crippen LogP contribution in [0.25, 0.3) is 0 Å². The third-order valence-electron chi connectivity index (χ3n) is 3.94. The molecule has 7 nitrogen and oxygen atoms in total. The maximum atomic E-state index is 12.7. The highest BCUT2D eigenvalue weighted by atomic mass is 35.5. The van der Waals surface area contributed by atoms with Crippen LogP contribution >= 0.6 is 11.6 Å². The van der Waals surface area contributed by atoms with Crippen LogP contribution < -0.4 is 16.4 Å². The predicted molar refractivity (Wildman–Crippen MR) is 99.6 cm³/mol. The summed E-state index contributed by atoms with van der Waals surface area (Å²) in [4.78, 5) is 35.8. The molecule has 0 fully saturated rings. The highest BCUT2D eigenvalue weighted by molar-refractivity contribution is 6.30. The summed E-state index contributed by atoms with van der Waals surface area (Å²) in [5.74, 6) is -2.53. The largest absolute Gasteiger partial charge is 0.481 e. The van der Waals surface area contributed by atoms with Crippen molar-refractivity contribution in [2.24, 2.45) is 11.6 Å². The Morgan fingerprint density at radius 2 is 1.81 bits per heavy atom. The van der Waals surface area contributed by atoms with Crippen LogP contribution in [-0.4, -0.2) is 35.0 Å². The average molecular weight is 385 g/mol. The van der Waals surface area contributed by atoms with Gasteiger partial charge in [0.2, 0.25) is 11.8 Å². The molecule has 0 saturated heterocycles. The Balaban J connectivity index is 2.86. The summed E-state index contributed by atoms with van der Waals surface area (Å²) in [6.45, 7) is 5.47. The maximum Gasteiger partial charge on any atom is 0.305 e. The molecule has 1 aromatic carbocycles. The standard InChI is InChI=1S/C18H26ClN3O4/c1-4-14(11-5-7-12(19)8-6-11)21-18(26)16(10(2)3)22-17(25)13(20)9-15(23)24/h5-8,10,13-14,16H,4,9,20H2,1-3H3,(H,21,26)(H,22,25)(H,23,24)/t13-,14-,16-/m0/s1/i/hD. The topological polar surface area (TPSA) is 122 Å². The summed E-state index contributed by atoms with van der Waals surface area (Å²) in [6, 6.07) is 4.78. The molecule has 0 radical (unpaired) electrons. The van der Waals surface area contributed by atoms with Gasteiger partial charge in [0.1, 0.15) is 7.45 Å². The van der Waals surface area contributed by atoms with Crippen molar-refractivity contribution in [3.63, 3.8) is 0 Å². The van der Waals surface area contributed by atoms with Gasteiger partial charge in [-0.2, -0.15) is 0 Å². The van der Waals surface area contributed by atoms with Gasteiger partial charge in [0, 0.05) is 5.02 Å². The molecule has 2 amide bonds.